The Morgan fingerprint density at radius 3 is 2.40 bits per heavy atom. The fourth-order valence-electron chi connectivity index (χ4n) is 3.08. The molecule has 0 fully saturated rings. The highest BCUT2D eigenvalue weighted by molar-refractivity contribution is 9.10. The lowest BCUT2D eigenvalue weighted by atomic mass is 10.1. The molecule has 1 N–H and O–H groups in total. The van der Waals surface area contributed by atoms with Crippen molar-refractivity contribution in [3.05, 3.63) is 64.1 Å². The Morgan fingerprint density at radius 1 is 1.10 bits per heavy atom. The van der Waals surface area contributed by atoms with Crippen molar-refractivity contribution in [1.29, 1.82) is 0 Å². The number of amides is 2. The summed E-state index contributed by atoms with van der Waals surface area (Å²) < 4.78 is 6.74. The van der Waals surface area contributed by atoms with E-state index in [0.29, 0.717) is 18.7 Å². The second kappa shape index (κ2) is 11.7. The van der Waals surface area contributed by atoms with Crippen LogP contribution in [0.3, 0.4) is 0 Å². The van der Waals surface area contributed by atoms with Crippen LogP contribution < -0.4 is 10.1 Å². The van der Waals surface area contributed by atoms with E-state index in [1.165, 1.54) is 0 Å². The molecule has 0 saturated heterocycles. The van der Waals surface area contributed by atoms with Crippen LogP contribution >= 0.6 is 15.9 Å². The van der Waals surface area contributed by atoms with Gasteiger partial charge in [0.15, 0.2) is 6.61 Å². The van der Waals surface area contributed by atoms with Crippen LogP contribution in [0.15, 0.2) is 53.0 Å². The Morgan fingerprint density at radius 2 is 1.80 bits per heavy atom. The van der Waals surface area contributed by atoms with Crippen molar-refractivity contribution in [3.63, 3.8) is 0 Å². The summed E-state index contributed by atoms with van der Waals surface area (Å²) in [6.07, 6.45) is 1.36. The van der Waals surface area contributed by atoms with Crippen LogP contribution in [0.5, 0.6) is 5.75 Å². The molecule has 0 aromatic heterocycles. The SMILES string of the molecule is CC[C@H](C(=O)N[C@@H](C)CC)N(Cc1ccccc1)C(=O)COc1ccc(Br)c(C)c1. The molecule has 2 amide bonds. The van der Waals surface area contributed by atoms with Gasteiger partial charge in [0.25, 0.3) is 5.91 Å². The van der Waals surface area contributed by atoms with E-state index < -0.39 is 6.04 Å². The predicted octanol–water partition coefficient (Wildman–Crippen LogP) is 4.86. The van der Waals surface area contributed by atoms with Crippen LogP contribution in [0.2, 0.25) is 0 Å². The summed E-state index contributed by atoms with van der Waals surface area (Å²) in [5.41, 5.74) is 2.00. The molecule has 6 heteroatoms. The van der Waals surface area contributed by atoms with E-state index >= 15 is 0 Å². The molecule has 2 aromatic carbocycles. The maximum absolute atomic E-state index is 13.1. The fraction of sp³-hybridized carbons (Fsp3) is 0.417. The molecule has 2 aromatic rings. The lowest BCUT2D eigenvalue weighted by Crippen LogP contribution is -2.51. The summed E-state index contributed by atoms with van der Waals surface area (Å²) in [5.74, 6) is 0.280. The number of ether oxygens (including phenoxy) is 1. The van der Waals surface area contributed by atoms with Gasteiger partial charge in [-0.1, -0.05) is 60.1 Å². The quantitative estimate of drug-likeness (QED) is 0.534. The molecular weight excluding hydrogens is 444 g/mol. The second-order valence-corrected chi connectivity index (χ2v) is 8.30. The average Bonchev–Trinajstić information content (AvgIpc) is 2.74. The van der Waals surface area contributed by atoms with E-state index in [1.807, 2.05) is 76.2 Å². The zero-order valence-electron chi connectivity index (χ0n) is 18.2. The van der Waals surface area contributed by atoms with Gasteiger partial charge in [0.2, 0.25) is 5.91 Å². The van der Waals surface area contributed by atoms with Crippen molar-refractivity contribution in [1.82, 2.24) is 10.2 Å². The molecule has 2 atom stereocenters. The standard InChI is InChI=1S/C24H31BrN2O3/c1-5-18(4)26-24(29)22(6-2)27(15-19-10-8-7-9-11-19)23(28)16-30-20-12-13-21(25)17(3)14-20/h7-14,18,22H,5-6,15-16H2,1-4H3,(H,26,29)/t18-,22+/m0/s1. The first-order valence-corrected chi connectivity index (χ1v) is 11.2. The Bertz CT molecular complexity index is 842. The first-order valence-electron chi connectivity index (χ1n) is 10.4. The number of nitrogens with one attached hydrogen (secondary N) is 1. The van der Waals surface area contributed by atoms with Gasteiger partial charge in [-0.25, -0.2) is 0 Å². The van der Waals surface area contributed by atoms with Gasteiger partial charge in [-0.3, -0.25) is 9.59 Å². The Balaban J connectivity index is 2.18. The molecule has 30 heavy (non-hydrogen) atoms. The van der Waals surface area contributed by atoms with Crippen molar-refractivity contribution in [2.45, 2.75) is 59.2 Å². The monoisotopic (exact) mass is 474 g/mol. The second-order valence-electron chi connectivity index (χ2n) is 7.45. The molecule has 0 unspecified atom stereocenters. The number of aryl methyl sites for hydroxylation is 1. The van der Waals surface area contributed by atoms with Gasteiger partial charge in [-0.2, -0.15) is 0 Å². The number of nitrogens with zero attached hydrogens (tertiary/aromatic N) is 1. The van der Waals surface area contributed by atoms with Gasteiger partial charge in [0, 0.05) is 17.1 Å². The van der Waals surface area contributed by atoms with E-state index in [0.717, 1.165) is 22.0 Å². The maximum atomic E-state index is 13.1. The van der Waals surface area contributed by atoms with Gasteiger partial charge in [-0.05, 0) is 56.0 Å². The number of benzene rings is 2. The Kier molecular flexibility index (Phi) is 9.37. The van der Waals surface area contributed by atoms with Crippen LogP contribution in [-0.4, -0.2) is 35.4 Å². The molecule has 162 valence electrons. The molecular formula is C24H31BrN2O3. The van der Waals surface area contributed by atoms with Crippen molar-refractivity contribution in [2.75, 3.05) is 6.61 Å². The number of rotatable bonds is 10. The lowest BCUT2D eigenvalue weighted by Gasteiger charge is -2.31. The van der Waals surface area contributed by atoms with Crippen molar-refractivity contribution < 1.29 is 14.3 Å². The number of halogens is 1. The van der Waals surface area contributed by atoms with Crippen molar-refractivity contribution in [2.24, 2.45) is 0 Å². The normalized spacial score (nSPS) is 12.7. The number of hydrogen-bond acceptors (Lipinski definition) is 3. The van der Waals surface area contributed by atoms with Crippen LogP contribution in [0.1, 0.15) is 44.7 Å². The van der Waals surface area contributed by atoms with Gasteiger partial charge in [0.05, 0.1) is 0 Å². The highest BCUT2D eigenvalue weighted by Crippen LogP contribution is 2.22. The third kappa shape index (κ3) is 6.87. The van der Waals surface area contributed by atoms with Crippen LogP contribution in [0, 0.1) is 6.92 Å². The molecule has 0 aliphatic rings. The average molecular weight is 475 g/mol. The van der Waals surface area contributed by atoms with E-state index in [9.17, 15) is 9.59 Å². The highest BCUT2D eigenvalue weighted by Gasteiger charge is 2.29. The van der Waals surface area contributed by atoms with E-state index in [4.69, 9.17) is 4.74 Å². The van der Waals surface area contributed by atoms with Gasteiger partial charge in [0.1, 0.15) is 11.8 Å². The molecule has 0 radical (unpaired) electrons. The van der Waals surface area contributed by atoms with Gasteiger partial charge >= 0.3 is 0 Å². The smallest absolute Gasteiger partial charge is 0.261 e. The Labute approximate surface area is 187 Å². The molecule has 0 bridgehead atoms. The fourth-order valence-corrected chi connectivity index (χ4v) is 3.32. The van der Waals surface area contributed by atoms with Gasteiger partial charge < -0.3 is 15.0 Å². The Hall–Kier alpha value is -2.34. The zero-order valence-corrected chi connectivity index (χ0v) is 19.7. The number of carbonyl (C=O) groups excluding carboxylic acids is 2. The number of carbonyl (C=O) groups is 2. The first-order chi connectivity index (χ1) is 14.3. The molecule has 0 saturated carbocycles. The topological polar surface area (TPSA) is 58.6 Å². The summed E-state index contributed by atoms with van der Waals surface area (Å²) >= 11 is 3.46. The summed E-state index contributed by atoms with van der Waals surface area (Å²) in [5, 5.41) is 3.01. The first kappa shape index (κ1) is 23.9. The highest BCUT2D eigenvalue weighted by atomic mass is 79.9. The summed E-state index contributed by atoms with van der Waals surface area (Å²) in [4.78, 5) is 27.7. The molecule has 2 rings (SSSR count). The molecule has 0 aliphatic carbocycles. The maximum Gasteiger partial charge on any atom is 0.261 e. The molecule has 0 spiro atoms. The van der Waals surface area contributed by atoms with Gasteiger partial charge in [-0.15, -0.1) is 0 Å². The van der Waals surface area contributed by atoms with Crippen LogP contribution in [0.4, 0.5) is 0 Å². The zero-order chi connectivity index (χ0) is 22.1. The summed E-state index contributed by atoms with van der Waals surface area (Å²) in [6, 6.07) is 14.8. The van der Waals surface area contributed by atoms with Crippen LogP contribution in [-0.2, 0) is 16.1 Å². The summed E-state index contributed by atoms with van der Waals surface area (Å²) in [7, 11) is 0. The minimum absolute atomic E-state index is 0.0576. The van der Waals surface area contributed by atoms with E-state index in [2.05, 4.69) is 21.2 Å². The van der Waals surface area contributed by atoms with Crippen molar-refractivity contribution in [3.8, 4) is 5.75 Å². The largest absolute Gasteiger partial charge is 0.484 e. The minimum atomic E-state index is -0.554. The third-order valence-electron chi connectivity index (χ3n) is 5.07. The third-order valence-corrected chi connectivity index (χ3v) is 5.96. The lowest BCUT2D eigenvalue weighted by molar-refractivity contribution is -0.143. The van der Waals surface area contributed by atoms with Crippen LogP contribution in [0.25, 0.3) is 0 Å². The van der Waals surface area contributed by atoms with Crippen molar-refractivity contribution >= 4 is 27.7 Å². The van der Waals surface area contributed by atoms with E-state index in [1.54, 1.807) is 4.90 Å². The molecule has 5 nitrogen and oxygen atoms in total. The van der Waals surface area contributed by atoms with E-state index in [-0.39, 0.29) is 24.5 Å². The minimum Gasteiger partial charge on any atom is -0.484 e. The summed E-state index contributed by atoms with van der Waals surface area (Å²) in [6.45, 7) is 8.10. The number of hydrogen-bond donors (Lipinski definition) is 1. The molecule has 0 aliphatic heterocycles. The predicted molar refractivity (Wildman–Crippen MR) is 123 cm³/mol. The molecule has 0 heterocycles.